The van der Waals surface area contributed by atoms with Gasteiger partial charge in [0, 0.05) is 11.1 Å². The van der Waals surface area contributed by atoms with E-state index in [1.165, 1.54) is 20.7 Å². The molecule has 0 aliphatic rings. The summed E-state index contributed by atoms with van der Waals surface area (Å²) in [5.74, 6) is 0. The van der Waals surface area contributed by atoms with Gasteiger partial charge in [0.15, 0.2) is 0 Å². The molecule has 0 spiro atoms. The Kier molecular flexibility index (Phi) is 2.00. The maximum atomic E-state index is 3.59. The molecule has 0 saturated carbocycles. The topological polar surface area (TPSA) is 4.41 Å². The third kappa shape index (κ3) is 1.04. The minimum absolute atomic E-state index is 1.09. The first-order valence-electron chi connectivity index (χ1n) is 3.98. The standard InChI is InChI=1S/C9H10BrNS/c1-3-7-5-12-8-4-6(2)9(10)11(7)8/h4-5H,3H2,1-2H3. The van der Waals surface area contributed by atoms with Gasteiger partial charge in [0.05, 0.1) is 4.60 Å². The van der Waals surface area contributed by atoms with Crippen molar-refractivity contribution in [2.75, 3.05) is 0 Å². The van der Waals surface area contributed by atoms with E-state index in [-0.39, 0.29) is 0 Å². The van der Waals surface area contributed by atoms with Gasteiger partial charge >= 0.3 is 0 Å². The Labute approximate surface area is 84.2 Å². The third-order valence-corrected chi connectivity index (χ3v) is 3.96. The van der Waals surface area contributed by atoms with Crippen LogP contribution in [0.4, 0.5) is 0 Å². The third-order valence-electron chi connectivity index (χ3n) is 2.05. The number of rotatable bonds is 1. The van der Waals surface area contributed by atoms with E-state index in [1.807, 2.05) is 0 Å². The van der Waals surface area contributed by atoms with Crippen LogP contribution in [0.1, 0.15) is 18.2 Å². The monoisotopic (exact) mass is 243 g/mol. The Hall–Kier alpha value is -0.280. The summed E-state index contributed by atoms with van der Waals surface area (Å²) < 4.78 is 3.48. The van der Waals surface area contributed by atoms with E-state index < -0.39 is 0 Å². The molecule has 2 rings (SSSR count). The molecule has 0 atom stereocenters. The predicted octanol–water partition coefficient (Wildman–Crippen LogP) is 3.63. The minimum Gasteiger partial charge on any atom is -0.298 e. The molecule has 0 aliphatic carbocycles. The van der Waals surface area contributed by atoms with Crippen molar-refractivity contribution in [2.24, 2.45) is 0 Å². The molecule has 0 aliphatic heterocycles. The zero-order valence-electron chi connectivity index (χ0n) is 7.10. The molecule has 0 bridgehead atoms. The second kappa shape index (κ2) is 2.89. The molecule has 2 aromatic rings. The smallest absolute Gasteiger partial charge is 0.100 e. The second-order valence-electron chi connectivity index (χ2n) is 2.87. The van der Waals surface area contributed by atoms with Gasteiger partial charge in [-0.15, -0.1) is 11.3 Å². The molecule has 0 radical (unpaired) electrons. The Morgan fingerprint density at radius 2 is 2.33 bits per heavy atom. The van der Waals surface area contributed by atoms with E-state index in [0.29, 0.717) is 0 Å². The maximum Gasteiger partial charge on any atom is 0.100 e. The van der Waals surface area contributed by atoms with Gasteiger partial charge in [0.25, 0.3) is 0 Å². The van der Waals surface area contributed by atoms with Crippen LogP contribution in [-0.4, -0.2) is 4.40 Å². The fraction of sp³-hybridized carbons (Fsp3) is 0.333. The van der Waals surface area contributed by atoms with E-state index >= 15 is 0 Å². The molecule has 1 nitrogen and oxygen atoms in total. The van der Waals surface area contributed by atoms with Crippen molar-refractivity contribution in [3.8, 4) is 0 Å². The maximum absolute atomic E-state index is 3.59. The van der Waals surface area contributed by atoms with Crippen LogP contribution >= 0.6 is 27.3 Å². The normalized spacial score (nSPS) is 11.2. The summed E-state index contributed by atoms with van der Waals surface area (Å²) in [6.07, 6.45) is 1.09. The lowest BCUT2D eigenvalue weighted by atomic mass is 10.4. The lowest BCUT2D eigenvalue weighted by Crippen LogP contribution is -1.87. The van der Waals surface area contributed by atoms with Crippen LogP contribution in [0.3, 0.4) is 0 Å². The summed E-state index contributed by atoms with van der Waals surface area (Å²) in [4.78, 5) is 1.33. The highest BCUT2D eigenvalue weighted by molar-refractivity contribution is 9.10. The van der Waals surface area contributed by atoms with Gasteiger partial charge in [-0.2, -0.15) is 0 Å². The summed E-state index contributed by atoms with van der Waals surface area (Å²) in [5, 5.41) is 2.22. The lowest BCUT2D eigenvalue weighted by Gasteiger charge is -1.96. The molecule has 0 N–H and O–H groups in total. The number of aromatic nitrogens is 1. The molecule has 0 fully saturated rings. The molecule has 64 valence electrons. The van der Waals surface area contributed by atoms with Crippen LogP contribution < -0.4 is 0 Å². The van der Waals surface area contributed by atoms with E-state index in [2.05, 4.69) is 45.6 Å². The highest BCUT2D eigenvalue weighted by atomic mass is 79.9. The average molecular weight is 244 g/mol. The number of halogens is 1. The van der Waals surface area contributed by atoms with E-state index in [1.54, 1.807) is 11.3 Å². The zero-order chi connectivity index (χ0) is 8.72. The lowest BCUT2D eigenvalue weighted by molar-refractivity contribution is 0.985. The molecule has 0 amide bonds. The molecule has 2 aromatic heterocycles. The zero-order valence-corrected chi connectivity index (χ0v) is 9.50. The fourth-order valence-electron chi connectivity index (χ4n) is 1.36. The van der Waals surface area contributed by atoms with Gasteiger partial charge in [-0.25, -0.2) is 0 Å². The Morgan fingerprint density at radius 3 is 3.00 bits per heavy atom. The van der Waals surface area contributed by atoms with Gasteiger partial charge in [-0.1, -0.05) is 6.92 Å². The summed E-state index contributed by atoms with van der Waals surface area (Å²) in [6, 6.07) is 2.22. The van der Waals surface area contributed by atoms with Gasteiger partial charge in [0.1, 0.15) is 4.83 Å². The molecule has 0 saturated heterocycles. The molecule has 2 heterocycles. The van der Waals surface area contributed by atoms with E-state index in [4.69, 9.17) is 0 Å². The first-order valence-corrected chi connectivity index (χ1v) is 5.65. The second-order valence-corrected chi connectivity index (χ2v) is 4.51. The number of nitrogens with zero attached hydrogens (tertiary/aromatic N) is 1. The highest BCUT2D eigenvalue weighted by Crippen LogP contribution is 2.27. The Morgan fingerprint density at radius 1 is 1.58 bits per heavy atom. The van der Waals surface area contributed by atoms with Crippen molar-refractivity contribution < 1.29 is 0 Å². The van der Waals surface area contributed by atoms with Gasteiger partial charge < -0.3 is 0 Å². The first kappa shape index (κ1) is 8.32. The van der Waals surface area contributed by atoms with E-state index in [0.717, 1.165) is 6.42 Å². The van der Waals surface area contributed by atoms with E-state index in [9.17, 15) is 0 Å². The summed E-state index contributed by atoms with van der Waals surface area (Å²) in [6.45, 7) is 4.31. The van der Waals surface area contributed by atoms with Crippen molar-refractivity contribution in [1.82, 2.24) is 4.40 Å². The number of hydrogen-bond acceptors (Lipinski definition) is 1. The van der Waals surface area contributed by atoms with Crippen molar-refractivity contribution in [3.05, 3.63) is 27.3 Å². The van der Waals surface area contributed by atoms with Gasteiger partial charge in [-0.3, -0.25) is 4.40 Å². The molecule has 12 heavy (non-hydrogen) atoms. The number of thiazole rings is 1. The molecular weight excluding hydrogens is 234 g/mol. The Bertz CT molecular complexity index is 413. The minimum atomic E-state index is 1.09. The molecule has 0 unspecified atom stereocenters. The molecular formula is C9H10BrNS. The largest absolute Gasteiger partial charge is 0.298 e. The van der Waals surface area contributed by atoms with Gasteiger partial charge in [-0.05, 0) is 40.9 Å². The van der Waals surface area contributed by atoms with Crippen LogP contribution in [0.5, 0.6) is 0 Å². The van der Waals surface area contributed by atoms with Crippen molar-refractivity contribution in [1.29, 1.82) is 0 Å². The summed E-state index contributed by atoms with van der Waals surface area (Å²) in [7, 11) is 0. The Balaban J connectivity index is 2.82. The fourth-order valence-corrected chi connectivity index (χ4v) is 3.10. The van der Waals surface area contributed by atoms with Gasteiger partial charge in [0.2, 0.25) is 0 Å². The summed E-state index contributed by atoms with van der Waals surface area (Å²) >= 11 is 5.40. The van der Waals surface area contributed by atoms with Crippen molar-refractivity contribution in [3.63, 3.8) is 0 Å². The molecule has 0 aromatic carbocycles. The van der Waals surface area contributed by atoms with Crippen molar-refractivity contribution >= 4 is 32.1 Å². The quantitative estimate of drug-likeness (QED) is 0.721. The number of hydrogen-bond donors (Lipinski definition) is 0. The van der Waals surface area contributed by atoms with Crippen LogP contribution in [0.25, 0.3) is 4.83 Å². The van der Waals surface area contributed by atoms with Crippen LogP contribution in [0, 0.1) is 6.92 Å². The number of aryl methyl sites for hydroxylation is 2. The van der Waals surface area contributed by atoms with Crippen LogP contribution in [0.2, 0.25) is 0 Å². The van der Waals surface area contributed by atoms with Crippen molar-refractivity contribution in [2.45, 2.75) is 20.3 Å². The average Bonchev–Trinajstić information content (AvgIpc) is 2.55. The van der Waals surface area contributed by atoms with Crippen LogP contribution in [0.15, 0.2) is 16.0 Å². The number of fused-ring (bicyclic) bond motifs is 1. The summed E-state index contributed by atoms with van der Waals surface area (Å²) in [5.41, 5.74) is 2.70. The first-order chi connectivity index (χ1) is 5.74. The van der Waals surface area contributed by atoms with Crippen LogP contribution in [-0.2, 0) is 6.42 Å². The SMILES string of the molecule is CCc1csc2cc(C)c(Br)n12. The highest BCUT2D eigenvalue weighted by Gasteiger charge is 2.08. The predicted molar refractivity (Wildman–Crippen MR) is 57.1 cm³/mol. The molecule has 3 heteroatoms.